The summed E-state index contributed by atoms with van der Waals surface area (Å²) in [5.41, 5.74) is 1.36. The van der Waals surface area contributed by atoms with Gasteiger partial charge in [-0.25, -0.2) is 0 Å². The Hall–Kier alpha value is -2.82. The van der Waals surface area contributed by atoms with Gasteiger partial charge in [0.05, 0.1) is 11.7 Å². The number of carbonyl (C=O) groups excluding carboxylic acids is 2. The number of phenols is 1. The highest BCUT2D eigenvalue weighted by atomic mass is 16.3. The summed E-state index contributed by atoms with van der Waals surface area (Å²) in [4.78, 5) is 23.7. The van der Waals surface area contributed by atoms with Crippen molar-refractivity contribution in [2.75, 3.05) is 5.32 Å². The maximum absolute atomic E-state index is 11.9. The van der Waals surface area contributed by atoms with E-state index in [1.807, 2.05) is 37.3 Å². The highest BCUT2D eigenvalue weighted by molar-refractivity contribution is 5.94. The molecule has 0 aliphatic rings. The molecule has 5 nitrogen and oxygen atoms in total. The van der Waals surface area contributed by atoms with Gasteiger partial charge < -0.3 is 15.7 Å². The van der Waals surface area contributed by atoms with E-state index in [9.17, 15) is 14.7 Å². The van der Waals surface area contributed by atoms with Crippen molar-refractivity contribution < 1.29 is 14.7 Å². The first kappa shape index (κ1) is 16.5. The molecule has 2 aromatic rings. The molecule has 23 heavy (non-hydrogen) atoms. The zero-order valence-corrected chi connectivity index (χ0v) is 13.0. The molecule has 0 heterocycles. The number of aromatic hydroxyl groups is 1. The second-order valence-electron chi connectivity index (χ2n) is 5.27. The molecule has 0 saturated heterocycles. The van der Waals surface area contributed by atoms with Crippen LogP contribution in [0.2, 0.25) is 0 Å². The Kier molecular flexibility index (Phi) is 5.74. The second kappa shape index (κ2) is 7.98. The van der Waals surface area contributed by atoms with Crippen LogP contribution in [0.3, 0.4) is 0 Å². The lowest BCUT2D eigenvalue weighted by atomic mass is 10.1. The van der Waals surface area contributed by atoms with Crippen molar-refractivity contribution in [2.24, 2.45) is 0 Å². The average molecular weight is 312 g/mol. The number of rotatable bonds is 6. The number of anilines is 1. The predicted octanol–water partition coefficient (Wildman–Crippen LogP) is 2.99. The number of hydrogen-bond donors (Lipinski definition) is 3. The zero-order chi connectivity index (χ0) is 16.7. The van der Waals surface area contributed by atoms with E-state index < -0.39 is 0 Å². The van der Waals surface area contributed by atoms with Crippen LogP contribution in [0.4, 0.5) is 5.69 Å². The van der Waals surface area contributed by atoms with Crippen LogP contribution >= 0.6 is 0 Å². The van der Waals surface area contributed by atoms with E-state index in [1.54, 1.807) is 18.2 Å². The SMILES string of the molecule is C[C@H](NC(=O)CCC(=O)Nc1ccccc1O)c1ccccc1. The first-order valence-corrected chi connectivity index (χ1v) is 7.48. The highest BCUT2D eigenvalue weighted by Gasteiger charge is 2.12. The van der Waals surface area contributed by atoms with Gasteiger partial charge in [-0.2, -0.15) is 0 Å². The smallest absolute Gasteiger partial charge is 0.224 e. The molecule has 0 aliphatic heterocycles. The normalized spacial score (nSPS) is 11.5. The van der Waals surface area contributed by atoms with Crippen molar-refractivity contribution in [3.05, 3.63) is 60.2 Å². The molecule has 2 amide bonds. The molecule has 0 fully saturated rings. The van der Waals surface area contributed by atoms with Gasteiger partial charge in [-0.15, -0.1) is 0 Å². The molecule has 3 N–H and O–H groups in total. The van der Waals surface area contributed by atoms with Crippen molar-refractivity contribution in [2.45, 2.75) is 25.8 Å². The van der Waals surface area contributed by atoms with E-state index >= 15 is 0 Å². The van der Waals surface area contributed by atoms with Gasteiger partial charge in [0.1, 0.15) is 5.75 Å². The van der Waals surface area contributed by atoms with E-state index in [0.29, 0.717) is 5.69 Å². The maximum atomic E-state index is 11.9. The van der Waals surface area contributed by atoms with Crippen LogP contribution in [0.25, 0.3) is 0 Å². The third kappa shape index (κ3) is 5.14. The summed E-state index contributed by atoms with van der Waals surface area (Å²) in [5, 5.41) is 15.0. The predicted molar refractivity (Wildman–Crippen MR) is 89.0 cm³/mol. The Morgan fingerprint density at radius 2 is 1.57 bits per heavy atom. The minimum atomic E-state index is -0.311. The molecule has 2 rings (SSSR count). The third-order valence-electron chi connectivity index (χ3n) is 3.43. The summed E-state index contributed by atoms with van der Waals surface area (Å²) in [6.07, 6.45) is 0.151. The van der Waals surface area contributed by atoms with E-state index in [-0.39, 0.29) is 36.4 Å². The molecule has 2 aromatic carbocycles. The van der Waals surface area contributed by atoms with Crippen molar-refractivity contribution >= 4 is 17.5 Å². The fourth-order valence-corrected chi connectivity index (χ4v) is 2.16. The Morgan fingerprint density at radius 1 is 0.957 bits per heavy atom. The maximum Gasteiger partial charge on any atom is 0.224 e. The second-order valence-corrected chi connectivity index (χ2v) is 5.27. The standard InChI is InChI=1S/C18H20N2O3/c1-13(14-7-3-2-4-8-14)19-17(22)11-12-18(23)20-15-9-5-6-10-16(15)21/h2-10,13,21H,11-12H2,1H3,(H,19,22)(H,20,23)/t13-/m0/s1. The molecule has 120 valence electrons. The van der Waals surface area contributed by atoms with Crippen LogP contribution < -0.4 is 10.6 Å². The van der Waals surface area contributed by atoms with Gasteiger partial charge in [-0.3, -0.25) is 9.59 Å². The van der Waals surface area contributed by atoms with E-state index in [2.05, 4.69) is 10.6 Å². The Labute approximate surface area is 135 Å². The molecule has 0 unspecified atom stereocenters. The largest absolute Gasteiger partial charge is 0.506 e. The van der Waals surface area contributed by atoms with Crippen LogP contribution in [-0.4, -0.2) is 16.9 Å². The molecule has 5 heteroatoms. The molecule has 1 atom stereocenters. The molecule has 0 radical (unpaired) electrons. The molecule has 0 spiro atoms. The number of nitrogens with one attached hydrogen (secondary N) is 2. The van der Waals surface area contributed by atoms with Crippen LogP contribution in [-0.2, 0) is 9.59 Å². The summed E-state index contributed by atoms with van der Waals surface area (Å²) in [7, 11) is 0. The number of carbonyl (C=O) groups is 2. The van der Waals surface area contributed by atoms with Gasteiger partial charge in [0.2, 0.25) is 11.8 Å². The lowest BCUT2D eigenvalue weighted by Crippen LogP contribution is -2.27. The zero-order valence-electron chi connectivity index (χ0n) is 13.0. The summed E-state index contributed by atoms with van der Waals surface area (Å²) >= 11 is 0. The average Bonchev–Trinajstić information content (AvgIpc) is 2.56. The lowest BCUT2D eigenvalue weighted by molar-refractivity contribution is -0.124. The Balaban J connectivity index is 1.78. The van der Waals surface area contributed by atoms with E-state index in [4.69, 9.17) is 0 Å². The highest BCUT2D eigenvalue weighted by Crippen LogP contribution is 2.21. The van der Waals surface area contributed by atoms with E-state index in [0.717, 1.165) is 5.56 Å². The minimum Gasteiger partial charge on any atom is -0.506 e. The first-order chi connectivity index (χ1) is 11.1. The summed E-state index contributed by atoms with van der Waals surface area (Å²) in [5.74, 6) is -0.495. The number of hydrogen-bond acceptors (Lipinski definition) is 3. The molecular weight excluding hydrogens is 292 g/mol. The fraction of sp³-hybridized carbons (Fsp3) is 0.222. The molecule has 0 aliphatic carbocycles. The van der Waals surface area contributed by atoms with Gasteiger partial charge in [0, 0.05) is 12.8 Å². The van der Waals surface area contributed by atoms with Gasteiger partial charge in [0.15, 0.2) is 0 Å². The topological polar surface area (TPSA) is 78.4 Å². The van der Waals surface area contributed by atoms with Crippen molar-refractivity contribution in [3.63, 3.8) is 0 Å². The van der Waals surface area contributed by atoms with Crippen LogP contribution in [0, 0.1) is 0 Å². The minimum absolute atomic E-state index is 0.00278. The van der Waals surface area contributed by atoms with Crippen LogP contribution in [0.15, 0.2) is 54.6 Å². The van der Waals surface area contributed by atoms with Crippen molar-refractivity contribution in [3.8, 4) is 5.75 Å². The first-order valence-electron chi connectivity index (χ1n) is 7.48. The Morgan fingerprint density at radius 3 is 2.26 bits per heavy atom. The molecular formula is C18H20N2O3. The number of para-hydroxylation sites is 2. The monoisotopic (exact) mass is 312 g/mol. The molecule has 0 bridgehead atoms. The quantitative estimate of drug-likeness (QED) is 0.718. The summed E-state index contributed by atoms with van der Waals surface area (Å²) < 4.78 is 0. The fourth-order valence-electron chi connectivity index (χ4n) is 2.16. The van der Waals surface area contributed by atoms with Gasteiger partial charge in [-0.05, 0) is 24.6 Å². The van der Waals surface area contributed by atoms with Crippen LogP contribution in [0.5, 0.6) is 5.75 Å². The lowest BCUT2D eigenvalue weighted by Gasteiger charge is -2.14. The van der Waals surface area contributed by atoms with Gasteiger partial charge in [-0.1, -0.05) is 42.5 Å². The van der Waals surface area contributed by atoms with Gasteiger partial charge in [0.25, 0.3) is 0 Å². The van der Waals surface area contributed by atoms with Crippen molar-refractivity contribution in [1.82, 2.24) is 5.32 Å². The summed E-state index contributed by atoms with van der Waals surface area (Å²) in [6.45, 7) is 1.90. The number of benzene rings is 2. The number of phenolic OH excluding ortho intramolecular Hbond substituents is 1. The molecule has 0 aromatic heterocycles. The summed E-state index contributed by atoms with van der Waals surface area (Å²) in [6, 6.07) is 16.0. The third-order valence-corrected chi connectivity index (χ3v) is 3.43. The van der Waals surface area contributed by atoms with Gasteiger partial charge >= 0.3 is 0 Å². The molecule has 0 saturated carbocycles. The van der Waals surface area contributed by atoms with Crippen LogP contribution in [0.1, 0.15) is 31.4 Å². The Bertz CT molecular complexity index is 671. The van der Waals surface area contributed by atoms with E-state index in [1.165, 1.54) is 6.07 Å². The van der Waals surface area contributed by atoms with Crippen molar-refractivity contribution in [1.29, 1.82) is 0 Å². The number of amides is 2.